The van der Waals surface area contributed by atoms with E-state index in [1.807, 2.05) is 44.2 Å². The molecule has 21 heavy (non-hydrogen) atoms. The lowest BCUT2D eigenvalue weighted by Gasteiger charge is -2.18. The van der Waals surface area contributed by atoms with E-state index in [0.717, 1.165) is 12.1 Å². The van der Waals surface area contributed by atoms with Gasteiger partial charge in [0.2, 0.25) is 5.91 Å². The molecule has 5 nitrogen and oxygen atoms in total. The molecular weight excluding hydrogens is 268 g/mol. The Kier molecular flexibility index (Phi) is 7.29. The molecule has 5 heteroatoms. The quantitative estimate of drug-likeness (QED) is 0.653. The van der Waals surface area contributed by atoms with Gasteiger partial charge in [0, 0.05) is 18.7 Å². The van der Waals surface area contributed by atoms with Crippen molar-refractivity contribution in [1.29, 1.82) is 0 Å². The number of anilines is 1. The first-order valence-corrected chi connectivity index (χ1v) is 7.24. The number of carbonyl (C=O) groups is 2. The molecule has 0 aromatic heterocycles. The minimum absolute atomic E-state index is 0.0248. The molecule has 0 saturated carbocycles. The topological polar surface area (TPSA) is 78.4 Å². The maximum atomic E-state index is 11.8. The summed E-state index contributed by atoms with van der Waals surface area (Å²) < 4.78 is 0. The summed E-state index contributed by atoms with van der Waals surface area (Å²) >= 11 is 0. The Labute approximate surface area is 125 Å². The first-order chi connectivity index (χ1) is 9.97. The maximum Gasteiger partial charge on any atom is 0.303 e. The van der Waals surface area contributed by atoms with Crippen LogP contribution in [0.3, 0.4) is 0 Å². The molecule has 0 aliphatic carbocycles. The van der Waals surface area contributed by atoms with Crippen LogP contribution >= 0.6 is 0 Å². The van der Waals surface area contributed by atoms with Gasteiger partial charge >= 0.3 is 5.97 Å². The normalized spacial score (nSPS) is 12.0. The monoisotopic (exact) mass is 292 g/mol. The van der Waals surface area contributed by atoms with Crippen molar-refractivity contribution in [3.63, 3.8) is 0 Å². The maximum absolute atomic E-state index is 11.8. The summed E-state index contributed by atoms with van der Waals surface area (Å²) in [7, 11) is 0. The van der Waals surface area contributed by atoms with Crippen LogP contribution < -0.4 is 10.6 Å². The summed E-state index contributed by atoms with van der Waals surface area (Å²) in [5, 5.41) is 14.7. The first-order valence-electron chi connectivity index (χ1n) is 7.24. The third kappa shape index (κ3) is 7.97. The number of para-hydroxylation sites is 1. The molecule has 1 amide bonds. The summed E-state index contributed by atoms with van der Waals surface area (Å²) in [6.45, 7) is 4.69. The third-order valence-corrected chi connectivity index (χ3v) is 3.08. The van der Waals surface area contributed by atoms with Crippen molar-refractivity contribution in [3.05, 3.63) is 30.3 Å². The Hall–Kier alpha value is -2.04. The van der Waals surface area contributed by atoms with Gasteiger partial charge in [0.1, 0.15) is 0 Å². The van der Waals surface area contributed by atoms with E-state index in [2.05, 4.69) is 10.6 Å². The fourth-order valence-corrected chi connectivity index (χ4v) is 2.21. The van der Waals surface area contributed by atoms with E-state index in [1.165, 1.54) is 0 Å². The summed E-state index contributed by atoms with van der Waals surface area (Å²) in [6.07, 6.45) is 0.878. The Morgan fingerprint density at radius 2 is 1.86 bits per heavy atom. The van der Waals surface area contributed by atoms with E-state index in [4.69, 9.17) is 5.11 Å². The highest BCUT2D eigenvalue weighted by molar-refractivity contribution is 5.80. The van der Waals surface area contributed by atoms with Crippen LogP contribution in [-0.2, 0) is 9.59 Å². The lowest BCUT2D eigenvalue weighted by atomic mass is 9.94. The van der Waals surface area contributed by atoms with Crippen molar-refractivity contribution in [2.45, 2.75) is 26.7 Å². The van der Waals surface area contributed by atoms with Crippen molar-refractivity contribution in [2.24, 2.45) is 11.8 Å². The Bertz CT molecular complexity index is 446. The lowest BCUT2D eigenvalue weighted by Crippen LogP contribution is -2.34. The highest BCUT2D eigenvalue weighted by Crippen LogP contribution is 2.14. The second kappa shape index (κ2) is 9.00. The van der Waals surface area contributed by atoms with Crippen molar-refractivity contribution in [2.75, 3.05) is 18.4 Å². The van der Waals surface area contributed by atoms with Crippen LogP contribution in [0.2, 0.25) is 0 Å². The van der Waals surface area contributed by atoms with Crippen LogP contribution in [0.4, 0.5) is 5.69 Å². The predicted octanol–water partition coefficient (Wildman–Crippen LogP) is 2.35. The van der Waals surface area contributed by atoms with Gasteiger partial charge in [-0.05, 0) is 30.4 Å². The van der Waals surface area contributed by atoms with Crippen LogP contribution in [0, 0.1) is 11.8 Å². The average Bonchev–Trinajstić information content (AvgIpc) is 2.42. The predicted molar refractivity (Wildman–Crippen MR) is 83.1 cm³/mol. The number of hydrogen-bond acceptors (Lipinski definition) is 3. The van der Waals surface area contributed by atoms with Crippen LogP contribution in [0.15, 0.2) is 30.3 Å². The number of amides is 1. The second-order valence-corrected chi connectivity index (χ2v) is 5.62. The van der Waals surface area contributed by atoms with Gasteiger partial charge in [-0.3, -0.25) is 9.59 Å². The second-order valence-electron chi connectivity index (χ2n) is 5.62. The molecular formula is C16H24N2O3. The van der Waals surface area contributed by atoms with Gasteiger partial charge in [0.05, 0.1) is 6.54 Å². The van der Waals surface area contributed by atoms with Gasteiger partial charge < -0.3 is 15.7 Å². The van der Waals surface area contributed by atoms with Crippen LogP contribution in [0.1, 0.15) is 26.7 Å². The van der Waals surface area contributed by atoms with Gasteiger partial charge in [0.15, 0.2) is 0 Å². The summed E-state index contributed by atoms with van der Waals surface area (Å²) in [5.74, 6) is -0.563. The van der Waals surface area contributed by atoms with E-state index < -0.39 is 5.97 Å². The number of aliphatic carboxylic acids is 1. The fourth-order valence-electron chi connectivity index (χ4n) is 2.21. The molecule has 0 aliphatic rings. The Morgan fingerprint density at radius 1 is 1.19 bits per heavy atom. The standard InChI is InChI=1S/C16H24N2O3/c1-12(2)8-13(9-16(20)21)10-18-15(19)11-17-14-6-4-3-5-7-14/h3-7,12-13,17H,8-11H2,1-2H3,(H,18,19)(H,20,21). The molecule has 0 heterocycles. The first kappa shape index (κ1) is 17.0. The van der Waals surface area contributed by atoms with Crippen LogP contribution in [-0.4, -0.2) is 30.1 Å². The van der Waals surface area contributed by atoms with Crippen molar-refractivity contribution < 1.29 is 14.7 Å². The zero-order valence-corrected chi connectivity index (χ0v) is 12.6. The van der Waals surface area contributed by atoms with Crippen molar-refractivity contribution >= 4 is 17.6 Å². The summed E-state index contributed by atoms with van der Waals surface area (Å²) in [5.41, 5.74) is 0.886. The van der Waals surface area contributed by atoms with E-state index in [-0.39, 0.29) is 24.8 Å². The molecule has 0 fully saturated rings. The van der Waals surface area contributed by atoms with Gasteiger partial charge in [-0.25, -0.2) is 0 Å². The molecule has 1 aromatic rings. The van der Waals surface area contributed by atoms with E-state index in [9.17, 15) is 9.59 Å². The number of rotatable bonds is 9. The van der Waals surface area contributed by atoms with Crippen LogP contribution in [0.5, 0.6) is 0 Å². The molecule has 116 valence electrons. The van der Waals surface area contributed by atoms with Gasteiger partial charge in [-0.15, -0.1) is 0 Å². The molecule has 0 bridgehead atoms. The number of carbonyl (C=O) groups excluding carboxylic acids is 1. The minimum atomic E-state index is -0.822. The number of nitrogens with one attached hydrogen (secondary N) is 2. The molecule has 3 N–H and O–H groups in total. The number of carboxylic acids is 1. The molecule has 0 saturated heterocycles. The van der Waals surface area contributed by atoms with Gasteiger partial charge in [-0.1, -0.05) is 32.0 Å². The Balaban J connectivity index is 2.33. The summed E-state index contributed by atoms with van der Waals surface area (Å²) in [6, 6.07) is 9.48. The highest BCUT2D eigenvalue weighted by atomic mass is 16.4. The SMILES string of the molecule is CC(C)CC(CNC(=O)CNc1ccccc1)CC(=O)O. The molecule has 1 atom stereocenters. The lowest BCUT2D eigenvalue weighted by molar-refractivity contribution is -0.138. The molecule has 0 aliphatic heterocycles. The van der Waals surface area contributed by atoms with E-state index >= 15 is 0 Å². The van der Waals surface area contributed by atoms with Crippen molar-refractivity contribution in [1.82, 2.24) is 5.32 Å². The molecule has 1 unspecified atom stereocenters. The van der Waals surface area contributed by atoms with Gasteiger partial charge in [0.25, 0.3) is 0 Å². The average molecular weight is 292 g/mol. The highest BCUT2D eigenvalue weighted by Gasteiger charge is 2.15. The Morgan fingerprint density at radius 3 is 2.43 bits per heavy atom. The number of hydrogen-bond donors (Lipinski definition) is 3. The number of benzene rings is 1. The summed E-state index contributed by atoms with van der Waals surface area (Å²) in [4.78, 5) is 22.6. The molecule has 1 rings (SSSR count). The fraction of sp³-hybridized carbons (Fsp3) is 0.500. The molecule has 1 aromatic carbocycles. The van der Waals surface area contributed by atoms with E-state index in [0.29, 0.717) is 12.5 Å². The third-order valence-electron chi connectivity index (χ3n) is 3.08. The zero-order chi connectivity index (χ0) is 15.7. The smallest absolute Gasteiger partial charge is 0.303 e. The molecule has 0 radical (unpaired) electrons. The van der Waals surface area contributed by atoms with E-state index in [1.54, 1.807) is 0 Å². The zero-order valence-electron chi connectivity index (χ0n) is 12.6. The largest absolute Gasteiger partial charge is 0.481 e. The van der Waals surface area contributed by atoms with Gasteiger partial charge in [-0.2, -0.15) is 0 Å². The number of carboxylic acid groups (broad SMARTS) is 1. The van der Waals surface area contributed by atoms with Crippen LogP contribution in [0.25, 0.3) is 0 Å². The molecule has 0 spiro atoms. The van der Waals surface area contributed by atoms with Crippen molar-refractivity contribution in [3.8, 4) is 0 Å². The minimum Gasteiger partial charge on any atom is -0.481 e.